The summed E-state index contributed by atoms with van der Waals surface area (Å²) in [5.41, 5.74) is 0. The van der Waals surface area contributed by atoms with Crippen LogP contribution in [0.1, 0.15) is 6.92 Å². The molecular formula is C6H18N2Si. The molecule has 0 aliphatic carbocycles. The van der Waals surface area contributed by atoms with Crippen molar-refractivity contribution in [1.82, 2.24) is 9.55 Å². The van der Waals surface area contributed by atoms with Gasteiger partial charge in [-0.15, -0.1) is 0 Å². The van der Waals surface area contributed by atoms with E-state index in [4.69, 9.17) is 0 Å². The molecule has 56 valence electrons. The van der Waals surface area contributed by atoms with Crippen molar-refractivity contribution in [3.05, 3.63) is 0 Å². The molecule has 0 heterocycles. The highest BCUT2D eigenvalue weighted by Crippen LogP contribution is 1.98. The predicted octanol–water partition coefficient (Wildman–Crippen LogP) is 0.859. The Morgan fingerprint density at radius 3 is 1.89 bits per heavy atom. The van der Waals surface area contributed by atoms with Gasteiger partial charge in [0.05, 0.1) is 0 Å². The van der Waals surface area contributed by atoms with Gasteiger partial charge in [0.2, 0.25) is 0 Å². The summed E-state index contributed by atoms with van der Waals surface area (Å²) >= 11 is 0. The van der Waals surface area contributed by atoms with E-state index in [2.05, 4.69) is 43.7 Å². The van der Waals surface area contributed by atoms with E-state index in [-0.39, 0.29) is 0 Å². The molecule has 0 spiro atoms. The zero-order valence-corrected chi connectivity index (χ0v) is 8.15. The molecule has 9 heavy (non-hydrogen) atoms. The Morgan fingerprint density at radius 1 is 1.33 bits per heavy atom. The van der Waals surface area contributed by atoms with Crippen molar-refractivity contribution in [3.8, 4) is 0 Å². The molecule has 1 N–H and O–H groups in total. The lowest BCUT2D eigenvalue weighted by atomic mass is 10.8. The first-order valence-corrected chi connectivity index (χ1v) is 6.38. The monoisotopic (exact) mass is 146 g/mol. The minimum absolute atomic E-state index is 1.08. The Hall–Kier alpha value is 0.137. The minimum Gasteiger partial charge on any atom is -0.326 e. The van der Waals surface area contributed by atoms with Gasteiger partial charge in [-0.2, -0.15) is 0 Å². The smallest absolute Gasteiger partial charge is 0.197 e. The van der Waals surface area contributed by atoms with Gasteiger partial charge in [-0.25, -0.2) is 0 Å². The summed E-state index contributed by atoms with van der Waals surface area (Å²) in [6.07, 6.45) is 0. The van der Waals surface area contributed by atoms with Gasteiger partial charge in [0.15, 0.2) is 8.40 Å². The maximum Gasteiger partial charge on any atom is 0.197 e. The van der Waals surface area contributed by atoms with Crippen molar-refractivity contribution in [1.29, 1.82) is 0 Å². The third-order valence-electron chi connectivity index (χ3n) is 1.73. The molecule has 0 aliphatic rings. The van der Waals surface area contributed by atoms with E-state index < -0.39 is 8.40 Å². The molecule has 2 nitrogen and oxygen atoms in total. The Labute approximate surface area is 59.4 Å². The normalized spacial score (nSPS) is 12.7. The lowest BCUT2D eigenvalue weighted by Crippen LogP contribution is -2.56. The molecule has 0 radical (unpaired) electrons. The fourth-order valence-electron chi connectivity index (χ4n) is 0.591. The van der Waals surface area contributed by atoms with Crippen LogP contribution in [0.5, 0.6) is 0 Å². The van der Waals surface area contributed by atoms with Crippen LogP contribution in [0.4, 0.5) is 0 Å². The molecule has 0 bridgehead atoms. The maximum atomic E-state index is 3.49. The van der Waals surface area contributed by atoms with Crippen LogP contribution in [0.15, 0.2) is 0 Å². The van der Waals surface area contributed by atoms with Crippen molar-refractivity contribution >= 4 is 8.40 Å². The van der Waals surface area contributed by atoms with E-state index in [0.29, 0.717) is 0 Å². The molecule has 0 saturated carbocycles. The van der Waals surface area contributed by atoms with Gasteiger partial charge in [0.1, 0.15) is 0 Å². The molecule has 0 unspecified atom stereocenters. The second-order valence-corrected chi connectivity index (χ2v) is 7.35. The van der Waals surface area contributed by atoms with E-state index in [9.17, 15) is 0 Å². The molecule has 0 aromatic heterocycles. The summed E-state index contributed by atoms with van der Waals surface area (Å²) in [7, 11) is 3.07. The largest absolute Gasteiger partial charge is 0.326 e. The Kier molecular flexibility index (Phi) is 3.39. The lowest BCUT2D eigenvalue weighted by Gasteiger charge is -2.30. The average molecular weight is 146 g/mol. The summed E-state index contributed by atoms with van der Waals surface area (Å²) < 4.78 is 2.30. The molecule has 0 atom stereocenters. The topological polar surface area (TPSA) is 15.3 Å². The van der Waals surface area contributed by atoms with Crippen LogP contribution in [0.2, 0.25) is 13.1 Å². The third-order valence-corrected chi connectivity index (χ3v) is 5.18. The fourth-order valence-corrected chi connectivity index (χ4v) is 1.77. The summed E-state index contributed by atoms with van der Waals surface area (Å²) in [5, 5.41) is 0. The first-order chi connectivity index (χ1) is 4.00. The van der Waals surface area contributed by atoms with Gasteiger partial charge >= 0.3 is 0 Å². The molecule has 0 aliphatic heterocycles. The van der Waals surface area contributed by atoms with Crippen LogP contribution in [-0.2, 0) is 0 Å². The third kappa shape index (κ3) is 2.98. The fraction of sp³-hybridized carbons (Fsp3) is 1.00. The van der Waals surface area contributed by atoms with Gasteiger partial charge in [0.25, 0.3) is 0 Å². The Bertz CT molecular complexity index is 81.1. The van der Waals surface area contributed by atoms with Crippen molar-refractivity contribution in [2.45, 2.75) is 20.0 Å². The van der Waals surface area contributed by atoms with Crippen molar-refractivity contribution in [3.63, 3.8) is 0 Å². The van der Waals surface area contributed by atoms with Crippen LogP contribution < -0.4 is 4.98 Å². The molecule has 0 aromatic carbocycles. The van der Waals surface area contributed by atoms with E-state index in [1.807, 2.05) is 0 Å². The van der Waals surface area contributed by atoms with Crippen LogP contribution >= 0.6 is 0 Å². The second-order valence-electron chi connectivity index (χ2n) is 2.98. The van der Waals surface area contributed by atoms with Gasteiger partial charge in [-0.05, 0) is 33.7 Å². The van der Waals surface area contributed by atoms with E-state index >= 15 is 0 Å². The lowest BCUT2D eigenvalue weighted by molar-refractivity contribution is 0.597. The minimum atomic E-state index is -1.20. The van der Waals surface area contributed by atoms with Gasteiger partial charge in [-0.1, -0.05) is 6.92 Å². The molecule has 0 rings (SSSR count). The highest BCUT2D eigenvalue weighted by Gasteiger charge is 2.21. The number of rotatable bonds is 3. The number of hydrogen-bond acceptors (Lipinski definition) is 2. The maximum absolute atomic E-state index is 3.49. The number of nitrogens with one attached hydrogen (secondary N) is 1. The van der Waals surface area contributed by atoms with E-state index in [1.165, 1.54) is 0 Å². The van der Waals surface area contributed by atoms with Crippen molar-refractivity contribution in [2.24, 2.45) is 0 Å². The predicted molar refractivity (Wildman–Crippen MR) is 44.8 cm³/mol. The second kappa shape index (κ2) is 3.34. The van der Waals surface area contributed by atoms with Crippen molar-refractivity contribution in [2.75, 3.05) is 20.6 Å². The van der Waals surface area contributed by atoms with Gasteiger partial charge in [-0.3, -0.25) is 0 Å². The highest BCUT2D eigenvalue weighted by molar-refractivity contribution is 6.72. The molecule has 0 saturated heterocycles. The molecule has 0 aromatic rings. The molecule has 3 heteroatoms. The van der Waals surface area contributed by atoms with Crippen LogP contribution in [0, 0.1) is 0 Å². The van der Waals surface area contributed by atoms with E-state index in [0.717, 1.165) is 6.54 Å². The summed E-state index contributed by atoms with van der Waals surface area (Å²) in [5.74, 6) is 0. The van der Waals surface area contributed by atoms with Crippen LogP contribution in [-0.4, -0.2) is 33.6 Å². The summed E-state index contributed by atoms with van der Waals surface area (Å²) in [6.45, 7) is 7.84. The molecule has 0 fully saturated rings. The van der Waals surface area contributed by atoms with Gasteiger partial charge in [0, 0.05) is 0 Å². The summed E-state index contributed by atoms with van der Waals surface area (Å²) in [6, 6.07) is 0. The standard InChI is InChI=1S/C6H18N2Si/c1-6-7-9(4,5)8(2)3/h7H,6H2,1-5H3. The average Bonchev–Trinajstić information content (AvgIpc) is 1.65. The van der Waals surface area contributed by atoms with E-state index in [1.54, 1.807) is 0 Å². The Balaban J connectivity index is 3.70. The number of nitrogens with zero attached hydrogens (tertiary/aromatic N) is 1. The summed E-state index contributed by atoms with van der Waals surface area (Å²) in [4.78, 5) is 3.49. The first kappa shape index (κ1) is 9.14. The molecular weight excluding hydrogens is 128 g/mol. The zero-order chi connectivity index (χ0) is 7.49. The quantitative estimate of drug-likeness (QED) is 0.594. The highest BCUT2D eigenvalue weighted by atomic mass is 28.3. The van der Waals surface area contributed by atoms with Crippen LogP contribution in [0.3, 0.4) is 0 Å². The Morgan fingerprint density at radius 2 is 1.78 bits per heavy atom. The van der Waals surface area contributed by atoms with Crippen molar-refractivity contribution < 1.29 is 0 Å². The molecule has 0 amide bonds. The van der Waals surface area contributed by atoms with Gasteiger partial charge < -0.3 is 9.55 Å². The van der Waals surface area contributed by atoms with Crippen LogP contribution in [0.25, 0.3) is 0 Å². The first-order valence-electron chi connectivity index (χ1n) is 3.43. The zero-order valence-electron chi connectivity index (χ0n) is 7.15. The number of hydrogen-bond donors (Lipinski definition) is 1. The SMILES string of the molecule is CCN[Si](C)(C)N(C)C.